The second-order valence-electron chi connectivity index (χ2n) is 6.01. The van der Waals surface area contributed by atoms with Crippen molar-refractivity contribution in [2.24, 2.45) is 5.41 Å². The molecule has 0 bridgehead atoms. The van der Waals surface area contributed by atoms with Gasteiger partial charge in [-0.25, -0.2) is 0 Å². The van der Waals surface area contributed by atoms with Gasteiger partial charge in [0.15, 0.2) is 0 Å². The number of piperidine rings is 1. The first kappa shape index (κ1) is 14.6. The minimum absolute atomic E-state index is 0. The molecule has 2 saturated heterocycles. The number of rotatable bonds is 2. The van der Waals surface area contributed by atoms with Crippen LogP contribution in [0.25, 0.3) is 0 Å². The van der Waals surface area contributed by atoms with Gasteiger partial charge in [-0.15, -0.1) is 12.4 Å². The summed E-state index contributed by atoms with van der Waals surface area (Å²) in [5.74, 6) is 1.84. The number of halogens is 1. The summed E-state index contributed by atoms with van der Waals surface area (Å²) in [4.78, 5) is 6.79. The highest BCUT2D eigenvalue weighted by Gasteiger charge is 2.40. The first-order valence-corrected chi connectivity index (χ1v) is 6.98. The van der Waals surface area contributed by atoms with Gasteiger partial charge in [-0.1, -0.05) is 13.8 Å². The van der Waals surface area contributed by atoms with E-state index in [1.54, 1.807) is 0 Å². The van der Waals surface area contributed by atoms with Crippen LogP contribution in [-0.4, -0.2) is 36.3 Å². The second-order valence-corrected chi connectivity index (χ2v) is 6.01. The predicted molar refractivity (Wildman–Crippen MR) is 77.0 cm³/mol. The van der Waals surface area contributed by atoms with Crippen molar-refractivity contribution in [3.05, 3.63) is 5.89 Å². The van der Waals surface area contributed by atoms with Crippen molar-refractivity contribution in [1.82, 2.24) is 15.5 Å². The molecule has 1 aromatic rings. The fourth-order valence-electron chi connectivity index (χ4n) is 3.06. The molecule has 6 heteroatoms. The number of hydrogen-bond donors (Lipinski definition) is 1. The van der Waals surface area contributed by atoms with Crippen LogP contribution in [0, 0.1) is 5.41 Å². The van der Waals surface area contributed by atoms with Crippen molar-refractivity contribution in [2.75, 3.05) is 31.1 Å². The van der Waals surface area contributed by atoms with Crippen LogP contribution in [0.15, 0.2) is 4.52 Å². The van der Waals surface area contributed by atoms with Crippen molar-refractivity contribution in [2.45, 2.75) is 39.0 Å². The van der Waals surface area contributed by atoms with Crippen LogP contribution in [0.2, 0.25) is 0 Å². The Hall–Kier alpha value is -0.810. The number of hydrogen-bond acceptors (Lipinski definition) is 5. The molecule has 0 aromatic carbocycles. The third-order valence-corrected chi connectivity index (χ3v) is 4.31. The van der Waals surface area contributed by atoms with Gasteiger partial charge >= 0.3 is 0 Å². The van der Waals surface area contributed by atoms with Gasteiger partial charge in [-0.3, -0.25) is 0 Å². The van der Waals surface area contributed by atoms with E-state index in [9.17, 15) is 0 Å². The molecule has 5 nitrogen and oxygen atoms in total. The lowest BCUT2D eigenvalue weighted by Crippen LogP contribution is -2.38. The first-order valence-electron chi connectivity index (χ1n) is 6.98. The van der Waals surface area contributed by atoms with Crippen LogP contribution in [0.1, 0.15) is 44.9 Å². The van der Waals surface area contributed by atoms with Crippen molar-refractivity contribution in [3.8, 4) is 0 Å². The van der Waals surface area contributed by atoms with Crippen molar-refractivity contribution < 1.29 is 4.52 Å². The summed E-state index contributed by atoms with van der Waals surface area (Å²) in [5.41, 5.74) is 0.490. The van der Waals surface area contributed by atoms with E-state index in [2.05, 4.69) is 34.2 Å². The maximum atomic E-state index is 5.30. The highest BCUT2D eigenvalue weighted by atomic mass is 35.5. The quantitative estimate of drug-likeness (QED) is 0.903. The average Bonchev–Trinajstić information content (AvgIpc) is 2.97. The zero-order valence-corrected chi connectivity index (χ0v) is 12.5. The topological polar surface area (TPSA) is 54.2 Å². The predicted octanol–water partition coefficient (Wildman–Crippen LogP) is 2.19. The van der Waals surface area contributed by atoms with Gasteiger partial charge in [0.05, 0.1) is 0 Å². The van der Waals surface area contributed by atoms with Crippen LogP contribution >= 0.6 is 12.4 Å². The average molecular weight is 287 g/mol. The fourth-order valence-corrected chi connectivity index (χ4v) is 3.06. The summed E-state index contributed by atoms with van der Waals surface area (Å²) < 4.78 is 5.30. The molecular formula is C13H23ClN4O. The lowest BCUT2D eigenvalue weighted by molar-refractivity contribution is 0.232. The highest BCUT2D eigenvalue weighted by molar-refractivity contribution is 5.85. The molecule has 0 unspecified atom stereocenters. The third-order valence-electron chi connectivity index (χ3n) is 4.31. The lowest BCUT2D eigenvalue weighted by atomic mass is 9.78. The molecule has 2 fully saturated rings. The van der Waals surface area contributed by atoms with Crippen molar-refractivity contribution >= 4 is 18.4 Å². The van der Waals surface area contributed by atoms with Gasteiger partial charge < -0.3 is 14.7 Å². The molecule has 2 aliphatic rings. The Morgan fingerprint density at radius 1 is 1.26 bits per heavy atom. The molecule has 3 heterocycles. The largest absolute Gasteiger partial charge is 0.338 e. The van der Waals surface area contributed by atoms with Crippen LogP contribution < -0.4 is 10.2 Å². The number of nitrogens with one attached hydrogen (secondary N) is 1. The van der Waals surface area contributed by atoms with E-state index in [0.717, 1.165) is 38.0 Å². The van der Waals surface area contributed by atoms with Crippen LogP contribution in [0.3, 0.4) is 0 Å². The number of aromatic nitrogens is 2. The molecule has 1 N–H and O–H groups in total. The van der Waals surface area contributed by atoms with E-state index in [4.69, 9.17) is 4.52 Å². The Morgan fingerprint density at radius 3 is 2.63 bits per heavy atom. The van der Waals surface area contributed by atoms with Crippen LogP contribution in [-0.2, 0) is 0 Å². The molecule has 0 radical (unpaired) electrons. The normalized spacial score (nSPS) is 21.9. The molecule has 1 spiro atoms. The summed E-state index contributed by atoms with van der Waals surface area (Å²) >= 11 is 0. The number of anilines is 1. The summed E-state index contributed by atoms with van der Waals surface area (Å²) in [6.07, 6.45) is 3.82. The zero-order valence-electron chi connectivity index (χ0n) is 11.7. The van der Waals surface area contributed by atoms with Gasteiger partial charge in [0.25, 0.3) is 5.95 Å². The Bertz CT molecular complexity index is 415. The van der Waals surface area contributed by atoms with Crippen LogP contribution in [0.5, 0.6) is 0 Å². The van der Waals surface area contributed by atoms with E-state index >= 15 is 0 Å². The van der Waals surface area contributed by atoms with Gasteiger partial charge in [0.2, 0.25) is 5.89 Å². The van der Waals surface area contributed by atoms with Crippen molar-refractivity contribution in [3.63, 3.8) is 0 Å². The summed E-state index contributed by atoms with van der Waals surface area (Å²) in [5, 5.41) is 7.56. The first-order chi connectivity index (χ1) is 8.69. The van der Waals surface area contributed by atoms with Gasteiger partial charge in [0, 0.05) is 19.0 Å². The second kappa shape index (κ2) is 5.67. The van der Waals surface area contributed by atoms with Gasteiger partial charge in [0.1, 0.15) is 0 Å². The highest BCUT2D eigenvalue weighted by Crippen LogP contribution is 2.39. The van der Waals surface area contributed by atoms with E-state index < -0.39 is 0 Å². The van der Waals surface area contributed by atoms with E-state index in [1.165, 1.54) is 19.3 Å². The maximum absolute atomic E-state index is 5.30. The molecular weight excluding hydrogens is 264 g/mol. The Kier molecular flexibility index (Phi) is 4.36. The molecule has 0 saturated carbocycles. The van der Waals surface area contributed by atoms with E-state index in [-0.39, 0.29) is 12.4 Å². The molecule has 19 heavy (non-hydrogen) atoms. The SMILES string of the molecule is CC(C)c1nc(N2CCC3(CCNCC3)C2)no1.Cl. The van der Waals surface area contributed by atoms with Crippen molar-refractivity contribution in [1.29, 1.82) is 0 Å². The molecule has 0 amide bonds. The zero-order chi connectivity index (χ0) is 12.6. The van der Waals surface area contributed by atoms with Crippen LogP contribution in [0.4, 0.5) is 5.95 Å². The van der Waals surface area contributed by atoms with Gasteiger partial charge in [-0.2, -0.15) is 4.98 Å². The standard InChI is InChI=1S/C13H22N4O.ClH/c1-10(2)11-15-12(16-18-11)17-8-5-13(9-17)3-6-14-7-4-13;/h10,14H,3-9H2,1-2H3;1H. The Labute approximate surface area is 120 Å². The maximum Gasteiger partial charge on any atom is 0.266 e. The molecule has 3 rings (SSSR count). The third kappa shape index (κ3) is 2.87. The molecule has 1 aromatic heterocycles. The lowest BCUT2D eigenvalue weighted by Gasteiger charge is -2.33. The fraction of sp³-hybridized carbons (Fsp3) is 0.846. The van der Waals surface area contributed by atoms with E-state index in [1.807, 2.05) is 0 Å². The Morgan fingerprint density at radius 2 is 2.00 bits per heavy atom. The minimum atomic E-state index is 0. The smallest absolute Gasteiger partial charge is 0.266 e. The summed E-state index contributed by atoms with van der Waals surface area (Å²) in [6.45, 7) is 8.61. The monoisotopic (exact) mass is 286 g/mol. The molecule has 0 atom stereocenters. The molecule has 0 aliphatic carbocycles. The van der Waals surface area contributed by atoms with E-state index in [0.29, 0.717) is 11.3 Å². The summed E-state index contributed by atoms with van der Waals surface area (Å²) in [7, 11) is 0. The molecule has 2 aliphatic heterocycles. The Balaban J connectivity index is 0.00000133. The molecule has 108 valence electrons. The summed E-state index contributed by atoms with van der Waals surface area (Å²) in [6, 6.07) is 0. The van der Waals surface area contributed by atoms with Gasteiger partial charge in [-0.05, 0) is 42.9 Å². The number of nitrogens with zero attached hydrogens (tertiary/aromatic N) is 3. The minimum Gasteiger partial charge on any atom is -0.338 e.